The molecule has 5 heteroatoms. The van der Waals surface area contributed by atoms with Gasteiger partial charge in [-0.05, 0) is 24.6 Å². The van der Waals surface area contributed by atoms with E-state index in [1.54, 1.807) is 11.9 Å². The summed E-state index contributed by atoms with van der Waals surface area (Å²) in [6.45, 7) is 2.61. The van der Waals surface area contributed by atoms with E-state index >= 15 is 0 Å². The van der Waals surface area contributed by atoms with Gasteiger partial charge in [-0.15, -0.1) is 0 Å². The first-order valence-corrected chi connectivity index (χ1v) is 8.45. The van der Waals surface area contributed by atoms with Crippen LogP contribution in [0.4, 0.5) is 10.5 Å². The molecule has 1 aliphatic carbocycles. The SMILES string of the molecule is CCN(C)C(=O)Nc1ccc(-c2n[nH]c3c2Cc2ccccc2-3)cc1. The Morgan fingerprint density at radius 1 is 1.20 bits per heavy atom. The number of nitrogens with one attached hydrogen (secondary N) is 2. The van der Waals surface area contributed by atoms with Gasteiger partial charge in [-0.2, -0.15) is 5.10 Å². The van der Waals surface area contributed by atoms with Gasteiger partial charge < -0.3 is 10.2 Å². The fraction of sp³-hybridized carbons (Fsp3) is 0.200. The summed E-state index contributed by atoms with van der Waals surface area (Å²) < 4.78 is 0. The summed E-state index contributed by atoms with van der Waals surface area (Å²) in [6, 6.07) is 16.2. The first-order valence-electron chi connectivity index (χ1n) is 8.45. The van der Waals surface area contributed by atoms with Crippen LogP contribution in [-0.2, 0) is 6.42 Å². The van der Waals surface area contributed by atoms with Crippen molar-refractivity contribution in [1.29, 1.82) is 0 Å². The van der Waals surface area contributed by atoms with Gasteiger partial charge in [-0.3, -0.25) is 5.10 Å². The van der Waals surface area contributed by atoms with Crippen molar-refractivity contribution in [3.63, 3.8) is 0 Å². The van der Waals surface area contributed by atoms with Gasteiger partial charge in [0, 0.05) is 42.4 Å². The summed E-state index contributed by atoms with van der Waals surface area (Å²) >= 11 is 0. The predicted molar refractivity (Wildman–Crippen MR) is 99.6 cm³/mol. The maximum Gasteiger partial charge on any atom is 0.321 e. The van der Waals surface area contributed by atoms with Crippen LogP contribution in [-0.4, -0.2) is 34.7 Å². The molecule has 0 saturated heterocycles. The molecule has 4 rings (SSSR count). The molecule has 0 atom stereocenters. The molecule has 1 heterocycles. The van der Waals surface area contributed by atoms with Gasteiger partial charge in [0.25, 0.3) is 0 Å². The summed E-state index contributed by atoms with van der Waals surface area (Å²) in [4.78, 5) is 13.6. The zero-order valence-electron chi connectivity index (χ0n) is 14.3. The third kappa shape index (κ3) is 2.67. The minimum Gasteiger partial charge on any atom is -0.328 e. The Balaban J connectivity index is 1.58. The minimum absolute atomic E-state index is 0.105. The molecule has 1 aliphatic rings. The number of fused-ring (bicyclic) bond motifs is 3. The summed E-state index contributed by atoms with van der Waals surface area (Å²) in [5.74, 6) is 0. The quantitative estimate of drug-likeness (QED) is 0.592. The maximum absolute atomic E-state index is 11.9. The van der Waals surface area contributed by atoms with E-state index in [2.05, 4.69) is 39.8 Å². The molecular weight excluding hydrogens is 312 g/mol. The Morgan fingerprint density at radius 2 is 1.96 bits per heavy atom. The number of urea groups is 1. The monoisotopic (exact) mass is 332 g/mol. The van der Waals surface area contributed by atoms with Gasteiger partial charge in [-0.25, -0.2) is 4.79 Å². The van der Waals surface area contributed by atoms with Gasteiger partial charge in [0.1, 0.15) is 0 Å². The molecule has 0 aliphatic heterocycles. The van der Waals surface area contributed by atoms with Crippen molar-refractivity contribution in [1.82, 2.24) is 15.1 Å². The van der Waals surface area contributed by atoms with Gasteiger partial charge in [0.2, 0.25) is 0 Å². The molecule has 0 fully saturated rings. The topological polar surface area (TPSA) is 61.0 Å². The van der Waals surface area contributed by atoms with E-state index in [9.17, 15) is 4.79 Å². The summed E-state index contributed by atoms with van der Waals surface area (Å²) in [7, 11) is 1.77. The molecule has 25 heavy (non-hydrogen) atoms. The largest absolute Gasteiger partial charge is 0.328 e. The Morgan fingerprint density at radius 3 is 2.72 bits per heavy atom. The second kappa shape index (κ2) is 6.09. The predicted octanol–water partition coefficient (Wildman–Crippen LogP) is 4.13. The molecule has 0 bridgehead atoms. The molecule has 0 spiro atoms. The standard InChI is InChI=1S/C20H20N4O/c1-3-24(2)20(25)21-15-10-8-13(9-11-15)18-17-12-14-6-4-5-7-16(14)19(17)23-22-18/h4-11H,3,12H2,1-2H3,(H,21,25)(H,22,23). The van der Waals surface area contributed by atoms with Gasteiger partial charge >= 0.3 is 6.03 Å². The number of nitrogens with zero attached hydrogens (tertiary/aromatic N) is 2. The lowest BCUT2D eigenvalue weighted by molar-refractivity contribution is 0.224. The molecular formula is C20H20N4O. The third-order valence-electron chi connectivity index (χ3n) is 4.75. The molecule has 2 N–H and O–H groups in total. The van der Waals surface area contributed by atoms with Crippen molar-refractivity contribution < 1.29 is 4.79 Å². The van der Waals surface area contributed by atoms with Crippen molar-refractivity contribution in [2.75, 3.05) is 18.9 Å². The normalized spacial score (nSPS) is 11.8. The van der Waals surface area contributed by atoms with Crippen LogP contribution < -0.4 is 5.32 Å². The zero-order chi connectivity index (χ0) is 17.4. The average molecular weight is 332 g/mol. The lowest BCUT2D eigenvalue weighted by atomic mass is 10.1. The number of aromatic amines is 1. The van der Waals surface area contributed by atoms with Crippen molar-refractivity contribution in [2.45, 2.75) is 13.3 Å². The first-order chi connectivity index (χ1) is 12.2. The molecule has 126 valence electrons. The Bertz CT molecular complexity index is 927. The molecule has 2 aromatic carbocycles. The first kappa shape index (κ1) is 15.4. The van der Waals surface area contributed by atoms with Crippen LogP contribution in [0.5, 0.6) is 0 Å². The number of rotatable bonds is 3. The van der Waals surface area contributed by atoms with E-state index < -0.39 is 0 Å². The number of H-pyrrole nitrogens is 1. The number of amides is 2. The fourth-order valence-corrected chi connectivity index (χ4v) is 3.18. The van der Waals surface area contributed by atoms with E-state index in [4.69, 9.17) is 0 Å². The van der Waals surface area contributed by atoms with Crippen LogP contribution >= 0.6 is 0 Å². The number of carbonyl (C=O) groups is 1. The van der Waals surface area contributed by atoms with E-state index in [-0.39, 0.29) is 6.03 Å². The second-order valence-corrected chi connectivity index (χ2v) is 6.28. The Kier molecular flexibility index (Phi) is 3.76. The molecule has 0 radical (unpaired) electrons. The van der Waals surface area contributed by atoms with E-state index in [1.807, 2.05) is 31.2 Å². The Hall–Kier alpha value is -3.08. The molecule has 3 aromatic rings. The van der Waals surface area contributed by atoms with E-state index in [0.717, 1.165) is 29.1 Å². The van der Waals surface area contributed by atoms with Gasteiger partial charge in [-0.1, -0.05) is 36.4 Å². The highest BCUT2D eigenvalue weighted by Gasteiger charge is 2.24. The zero-order valence-corrected chi connectivity index (χ0v) is 14.3. The van der Waals surface area contributed by atoms with Crippen molar-refractivity contribution in [2.24, 2.45) is 0 Å². The van der Waals surface area contributed by atoms with Crippen molar-refractivity contribution >= 4 is 11.7 Å². The number of benzene rings is 2. The van der Waals surface area contributed by atoms with Crippen LogP contribution in [0.1, 0.15) is 18.1 Å². The van der Waals surface area contributed by atoms with E-state index in [0.29, 0.717) is 6.54 Å². The second-order valence-electron chi connectivity index (χ2n) is 6.28. The van der Waals surface area contributed by atoms with Crippen LogP contribution in [0.3, 0.4) is 0 Å². The minimum atomic E-state index is -0.105. The molecule has 5 nitrogen and oxygen atoms in total. The van der Waals surface area contributed by atoms with Crippen LogP contribution in [0.2, 0.25) is 0 Å². The highest BCUT2D eigenvalue weighted by atomic mass is 16.2. The van der Waals surface area contributed by atoms with Gasteiger partial charge in [0.15, 0.2) is 0 Å². The van der Waals surface area contributed by atoms with Crippen LogP contribution in [0.25, 0.3) is 22.5 Å². The smallest absolute Gasteiger partial charge is 0.321 e. The van der Waals surface area contributed by atoms with Crippen molar-refractivity contribution in [3.05, 3.63) is 59.7 Å². The van der Waals surface area contributed by atoms with Gasteiger partial charge in [0.05, 0.1) is 11.4 Å². The lowest BCUT2D eigenvalue weighted by Crippen LogP contribution is -2.30. The summed E-state index contributed by atoms with van der Waals surface area (Å²) in [6.07, 6.45) is 0.900. The van der Waals surface area contributed by atoms with Crippen LogP contribution in [0, 0.1) is 0 Å². The highest BCUT2D eigenvalue weighted by Crippen LogP contribution is 2.39. The van der Waals surface area contributed by atoms with Crippen molar-refractivity contribution in [3.8, 4) is 22.5 Å². The van der Waals surface area contributed by atoms with Crippen LogP contribution in [0.15, 0.2) is 48.5 Å². The van der Waals surface area contributed by atoms with E-state index in [1.165, 1.54) is 16.7 Å². The number of hydrogen-bond donors (Lipinski definition) is 2. The molecule has 0 unspecified atom stereocenters. The maximum atomic E-state index is 11.9. The molecule has 2 amide bonds. The number of aromatic nitrogens is 2. The highest BCUT2D eigenvalue weighted by molar-refractivity contribution is 5.89. The summed E-state index contributed by atoms with van der Waals surface area (Å²) in [5.41, 5.74) is 7.74. The third-order valence-corrected chi connectivity index (χ3v) is 4.75. The Labute approximate surface area is 146 Å². The molecule has 1 aromatic heterocycles. The molecule has 0 saturated carbocycles. The average Bonchev–Trinajstić information content (AvgIpc) is 3.21. The lowest BCUT2D eigenvalue weighted by Gasteiger charge is -2.15. The summed E-state index contributed by atoms with van der Waals surface area (Å²) in [5, 5.41) is 10.6. The number of carbonyl (C=O) groups excluding carboxylic acids is 1. The number of hydrogen-bond acceptors (Lipinski definition) is 2. The fourth-order valence-electron chi connectivity index (χ4n) is 3.18. The number of anilines is 1.